The fourth-order valence-electron chi connectivity index (χ4n) is 2.66. The van der Waals surface area contributed by atoms with Crippen LogP contribution in [-0.2, 0) is 6.42 Å². The number of pyridine rings is 1. The lowest BCUT2D eigenvalue weighted by molar-refractivity contribution is 0.0698. The van der Waals surface area contributed by atoms with Gasteiger partial charge in [0.1, 0.15) is 12.3 Å². The van der Waals surface area contributed by atoms with Crippen molar-refractivity contribution in [3.63, 3.8) is 0 Å². The average molecular weight is 386 g/mol. The second-order valence-corrected chi connectivity index (χ2v) is 6.59. The first kappa shape index (κ1) is 17.8. The van der Waals surface area contributed by atoms with E-state index in [0.29, 0.717) is 22.2 Å². The molecule has 2 aromatic rings. The SMILES string of the molecule is Cc1c(CCC(F)CC(C)F)nc2ccc(Br)cc2c1C(=O)O. The highest BCUT2D eigenvalue weighted by atomic mass is 79.9. The molecule has 2 atom stereocenters. The summed E-state index contributed by atoms with van der Waals surface area (Å²) in [6.07, 6.45) is -2.19. The smallest absolute Gasteiger partial charge is 0.336 e. The number of aryl methyl sites for hydroxylation is 1. The fourth-order valence-corrected chi connectivity index (χ4v) is 3.03. The summed E-state index contributed by atoms with van der Waals surface area (Å²) in [6.45, 7) is 3.00. The first-order valence-corrected chi connectivity index (χ1v) is 8.19. The topological polar surface area (TPSA) is 50.2 Å². The van der Waals surface area contributed by atoms with Gasteiger partial charge in [-0.05, 0) is 50.5 Å². The number of halogens is 3. The molecule has 0 spiro atoms. The van der Waals surface area contributed by atoms with Crippen molar-refractivity contribution in [2.75, 3.05) is 0 Å². The molecule has 3 nitrogen and oxygen atoms in total. The summed E-state index contributed by atoms with van der Waals surface area (Å²) in [6, 6.07) is 5.22. The molecule has 6 heteroatoms. The van der Waals surface area contributed by atoms with Crippen molar-refractivity contribution >= 4 is 32.8 Å². The molecule has 1 aromatic carbocycles. The third-order valence-electron chi connectivity index (χ3n) is 3.78. The zero-order valence-corrected chi connectivity index (χ0v) is 14.5. The van der Waals surface area contributed by atoms with Crippen molar-refractivity contribution < 1.29 is 18.7 Å². The molecule has 1 N–H and O–H groups in total. The quantitative estimate of drug-likeness (QED) is 0.758. The van der Waals surface area contributed by atoms with Crippen molar-refractivity contribution in [1.82, 2.24) is 4.98 Å². The van der Waals surface area contributed by atoms with Gasteiger partial charge in [-0.15, -0.1) is 0 Å². The number of hydrogen-bond donors (Lipinski definition) is 1. The van der Waals surface area contributed by atoms with E-state index >= 15 is 0 Å². The van der Waals surface area contributed by atoms with Gasteiger partial charge < -0.3 is 5.11 Å². The lowest BCUT2D eigenvalue weighted by Gasteiger charge is -2.13. The molecule has 0 saturated heterocycles. The van der Waals surface area contributed by atoms with Crippen LogP contribution in [-0.4, -0.2) is 28.4 Å². The number of carbonyl (C=O) groups is 1. The minimum Gasteiger partial charge on any atom is -0.478 e. The maximum absolute atomic E-state index is 13.7. The molecule has 0 saturated carbocycles. The van der Waals surface area contributed by atoms with Crippen LogP contribution in [0.5, 0.6) is 0 Å². The Balaban J connectivity index is 2.39. The van der Waals surface area contributed by atoms with Crippen molar-refractivity contribution in [3.05, 3.63) is 39.5 Å². The Bertz CT molecular complexity index is 734. The molecule has 0 aliphatic rings. The summed E-state index contributed by atoms with van der Waals surface area (Å²) >= 11 is 3.33. The third kappa shape index (κ3) is 4.25. The Morgan fingerprint density at radius 3 is 2.70 bits per heavy atom. The molecule has 23 heavy (non-hydrogen) atoms. The summed E-state index contributed by atoms with van der Waals surface area (Å²) in [5.74, 6) is -1.04. The van der Waals surface area contributed by atoms with Gasteiger partial charge in [-0.1, -0.05) is 15.9 Å². The third-order valence-corrected chi connectivity index (χ3v) is 4.27. The molecule has 0 fully saturated rings. The maximum atomic E-state index is 13.7. The number of aromatic nitrogens is 1. The minimum atomic E-state index is -1.26. The van der Waals surface area contributed by atoms with Gasteiger partial charge in [0.2, 0.25) is 0 Å². The van der Waals surface area contributed by atoms with Crippen LogP contribution >= 0.6 is 15.9 Å². The van der Waals surface area contributed by atoms with Crippen LogP contribution in [0.1, 0.15) is 41.4 Å². The van der Waals surface area contributed by atoms with Gasteiger partial charge in [0, 0.05) is 22.0 Å². The van der Waals surface area contributed by atoms with E-state index < -0.39 is 18.3 Å². The molecule has 0 amide bonds. The normalized spacial score (nSPS) is 14.0. The highest BCUT2D eigenvalue weighted by Gasteiger charge is 2.19. The standard InChI is InChI=1S/C17H18BrF2NO2/c1-9(19)7-12(20)4-6-14-10(2)16(17(22)23)13-8-11(18)3-5-15(13)21-14/h3,5,8-9,12H,4,6-7H2,1-2H3,(H,22,23). The maximum Gasteiger partial charge on any atom is 0.336 e. The minimum absolute atomic E-state index is 0.128. The van der Waals surface area contributed by atoms with E-state index in [-0.39, 0.29) is 24.8 Å². The first-order chi connectivity index (χ1) is 10.8. The van der Waals surface area contributed by atoms with Gasteiger partial charge in [0.05, 0.1) is 11.1 Å². The molecular weight excluding hydrogens is 368 g/mol. The van der Waals surface area contributed by atoms with Crippen LogP contribution < -0.4 is 0 Å². The van der Waals surface area contributed by atoms with E-state index in [1.165, 1.54) is 6.92 Å². The number of rotatable bonds is 6. The van der Waals surface area contributed by atoms with Crippen molar-refractivity contribution in [3.8, 4) is 0 Å². The zero-order chi connectivity index (χ0) is 17.1. The Hall–Kier alpha value is -1.56. The predicted octanol–water partition coefficient (Wildman–Crippen LogP) is 5.02. The van der Waals surface area contributed by atoms with Gasteiger partial charge in [-0.25, -0.2) is 13.6 Å². The van der Waals surface area contributed by atoms with E-state index in [9.17, 15) is 18.7 Å². The summed E-state index contributed by atoms with van der Waals surface area (Å²) in [5.41, 5.74) is 1.82. The second-order valence-electron chi connectivity index (χ2n) is 5.68. The van der Waals surface area contributed by atoms with Gasteiger partial charge in [-0.2, -0.15) is 0 Å². The van der Waals surface area contributed by atoms with Crippen LogP contribution in [0.25, 0.3) is 10.9 Å². The molecule has 0 radical (unpaired) electrons. The van der Waals surface area contributed by atoms with Crippen LogP contribution in [0.4, 0.5) is 8.78 Å². The second kappa shape index (κ2) is 7.34. The largest absolute Gasteiger partial charge is 0.478 e. The van der Waals surface area contributed by atoms with E-state index in [2.05, 4.69) is 20.9 Å². The van der Waals surface area contributed by atoms with Gasteiger partial charge >= 0.3 is 5.97 Å². The fraction of sp³-hybridized carbons (Fsp3) is 0.412. The molecule has 124 valence electrons. The van der Waals surface area contributed by atoms with Crippen LogP contribution in [0, 0.1) is 6.92 Å². The van der Waals surface area contributed by atoms with Crippen molar-refractivity contribution in [2.45, 2.75) is 45.5 Å². The number of nitrogens with zero attached hydrogens (tertiary/aromatic N) is 1. The number of benzene rings is 1. The first-order valence-electron chi connectivity index (χ1n) is 7.39. The molecular formula is C17H18BrF2NO2. The van der Waals surface area contributed by atoms with E-state index in [4.69, 9.17) is 0 Å². The highest BCUT2D eigenvalue weighted by molar-refractivity contribution is 9.10. The van der Waals surface area contributed by atoms with Crippen molar-refractivity contribution in [2.24, 2.45) is 0 Å². The Kier molecular flexibility index (Phi) is 5.68. The van der Waals surface area contributed by atoms with Gasteiger partial charge in [-0.3, -0.25) is 4.98 Å². The average Bonchev–Trinajstić information content (AvgIpc) is 2.44. The number of alkyl halides is 2. The van der Waals surface area contributed by atoms with Gasteiger partial charge in [0.15, 0.2) is 0 Å². The van der Waals surface area contributed by atoms with Gasteiger partial charge in [0.25, 0.3) is 0 Å². The summed E-state index contributed by atoms with van der Waals surface area (Å²) in [5, 5.41) is 10.1. The van der Waals surface area contributed by atoms with Crippen molar-refractivity contribution in [1.29, 1.82) is 0 Å². The number of carboxylic acid groups (broad SMARTS) is 1. The zero-order valence-electron chi connectivity index (χ0n) is 12.9. The molecule has 2 rings (SSSR count). The molecule has 1 aromatic heterocycles. The molecule has 1 heterocycles. The number of aromatic carboxylic acids is 1. The molecule has 0 aliphatic carbocycles. The van der Waals surface area contributed by atoms with E-state index in [0.717, 1.165) is 4.47 Å². The lowest BCUT2D eigenvalue weighted by Crippen LogP contribution is -2.11. The Labute approximate surface area is 141 Å². The highest BCUT2D eigenvalue weighted by Crippen LogP contribution is 2.27. The Morgan fingerprint density at radius 1 is 1.39 bits per heavy atom. The van der Waals surface area contributed by atoms with E-state index in [1.807, 2.05) is 0 Å². The van der Waals surface area contributed by atoms with Crippen LogP contribution in [0.3, 0.4) is 0 Å². The monoisotopic (exact) mass is 385 g/mol. The predicted molar refractivity (Wildman–Crippen MR) is 89.5 cm³/mol. The molecule has 0 aliphatic heterocycles. The number of hydrogen-bond acceptors (Lipinski definition) is 2. The van der Waals surface area contributed by atoms with Crippen LogP contribution in [0.15, 0.2) is 22.7 Å². The number of carboxylic acids is 1. The molecule has 2 unspecified atom stereocenters. The summed E-state index contributed by atoms with van der Waals surface area (Å²) in [4.78, 5) is 16.1. The summed E-state index contributed by atoms with van der Waals surface area (Å²) < 4.78 is 27.3. The Morgan fingerprint density at radius 2 is 2.09 bits per heavy atom. The van der Waals surface area contributed by atoms with E-state index in [1.54, 1.807) is 25.1 Å². The lowest BCUT2D eigenvalue weighted by atomic mass is 9.98. The van der Waals surface area contributed by atoms with Crippen LogP contribution in [0.2, 0.25) is 0 Å². The molecule has 0 bridgehead atoms. The number of fused-ring (bicyclic) bond motifs is 1. The summed E-state index contributed by atoms with van der Waals surface area (Å²) in [7, 11) is 0.